The lowest BCUT2D eigenvalue weighted by Crippen LogP contribution is -2.11. The van der Waals surface area contributed by atoms with Crippen molar-refractivity contribution >= 4 is 40.5 Å². The topological polar surface area (TPSA) is 77.3 Å². The number of para-hydroxylation sites is 1. The summed E-state index contributed by atoms with van der Waals surface area (Å²) in [5.41, 5.74) is 1.59. The SMILES string of the molecule is CCOc1cc(C=Nc2ccc(Oc3ccccc3)cc2)cc(I)c1OCC(=O)O. The smallest absolute Gasteiger partial charge is 0.341 e. The largest absolute Gasteiger partial charge is 0.490 e. The Hall–Kier alpha value is -3.07. The average molecular weight is 517 g/mol. The zero-order valence-corrected chi connectivity index (χ0v) is 18.4. The van der Waals surface area contributed by atoms with Crippen LogP contribution in [0.25, 0.3) is 0 Å². The highest BCUT2D eigenvalue weighted by atomic mass is 127. The van der Waals surface area contributed by atoms with E-state index >= 15 is 0 Å². The lowest BCUT2D eigenvalue weighted by atomic mass is 10.2. The normalized spacial score (nSPS) is 10.7. The lowest BCUT2D eigenvalue weighted by Gasteiger charge is -2.13. The van der Waals surface area contributed by atoms with Crippen LogP contribution >= 0.6 is 22.6 Å². The van der Waals surface area contributed by atoms with Crippen molar-refractivity contribution in [2.75, 3.05) is 13.2 Å². The molecule has 0 aromatic heterocycles. The zero-order chi connectivity index (χ0) is 21.3. The van der Waals surface area contributed by atoms with E-state index in [9.17, 15) is 4.79 Å². The van der Waals surface area contributed by atoms with E-state index in [4.69, 9.17) is 19.3 Å². The first-order valence-corrected chi connectivity index (χ1v) is 10.3. The minimum atomic E-state index is -1.04. The van der Waals surface area contributed by atoms with E-state index in [0.29, 0.717) is 18.1 Å². The number of aliphatic imine (C=N–C) groups is 1. The Morgan fingerprint density at radius 3 is 2.40 bits per heavy atom. The Kier molecular flexibility index (Phi) is 7.67. The molecular formula is C23H20INO5. The highest BCUT2D eigenvalue weighted by Gasteiger charge is 2.13. The summed E-state index contributed by atoms with van der Waals surface area (Å²) in [6, 6.07) is 20.7. The van der Waals surface area contributed by atoms with Gasteiger partial charge in [0, 0.05) is 6.21 Å². The van der Waals surface area contributed by atoms with Crippen molar-refractivity contribution in [1.82, 2.24) is 0 Å². The molecule has 0 unspecified atom stereocenters. The van der Waals surface area contributed by atoms with Crippen LogP contribution in [0.4, 0.5) is 5.69 Å². The van der Waals surface area contributed by atoms with Crippen molar-refractivity contribution in [1.29, 1.82) is 0 Å². The molecule has 0 bridgehead atoms. The van der Waals surface area contributed by atoms with Gasteiger partial charge in [-0.15, -0.1) is 0 Å². The molecule has 30 heavy (non-hydrogen) atoms. The van der Waals surface area contributed by atoms with Crippen molar-refractivity contribution in [3.63, 3.8) is 0 Å². The van der Waals surface area contributed by atoms with Gasteiger partial charge in [0.05, 0.1) is 15.9 Å². The second-order valence-corrected chi connectivity index (χ2v) is 7.27. The Labute approximate surface area is 188 Å². The van der Waals surface area contributed by atoms with E-state index in [-0.39, 0.29) is 0 Å². The maximum atomic E-state index is 10.8. The Morgan fingerprint density at radius 2 is 1.73 bits per heavy atom. The fourth-order valence-corrected chi connectivity index (χ4v) is 3.35. The highest BCUT2D eigenvalue weighted by molar-refractivity contribution is 14.1. The number of carboxylic acids is 1. The molecule has 0 amide bonds. The molecule has 3 rings (SSSR count). The Bertz CT molecular complexity index is 1020. The van der Waals surface area contributed by atoms with Gasteiger partial charge in [0.2, 0.25) is 0 Å². The van der Waals surface area contributed by atoms with Gasteiger partial charge in [0.1, 0.15) is 11.5 Å². The van der Waals surface area contributed by atoms with Crippen LogP contribution in [0.5, 0.6) is 23.0 Å². The van der Waals surface area contributed by atoms with Gasteiger partial charge in [-0.3, -0.25) is 4.99 Å². The number of rotatable bonds is 9. The first-order valence-electron chi connectivity index (χ1n) is 9.23. The minimum absolute atomic E-state index is 0.416. The number of halogens is 1. The maximum Gasteiger partial charge on any atom is 0.341 e. The summed E-state index contributed by atoms with van der Waals surface area (Å²) in [6.07, 6.45) is 1.72. The molecule has 0 aliphatic heterocycles. The van der Waals surface area contributed by atoms with Crippen LogP contribution in [0, 0.1) is 3.57 Å². The number of carboxylic acid groups (broad SMARTS) is 1. The number of carbonyl (C=O) groups is 1. The predicted octanol–water partition coefficient (Wildman–Crippen LogP) is 5.70. The van der Waals surface area contributed by atoms with Gasteiger partial charge >= 0.3 is 5.97 Å². The number of ether oxygens (including phenoxy) is 3. The summed E-state index contributed by atoms with van der Waals surface area (Å²) in [6.45, 7) is 1.86. The molecule has 7 heteroatoms. The molecule has 0 saturated carbocycles. The zero-order valence-electron chi connectivity index (χ0n) is 16.2. The Balaban J connectivity index is 1.74. The molecule has 0 fully saturated rings. The standard InChI is InChI=1S/C23H20INO5/c1-2-28-21-13-16(12-20(24)23(21)29-15-22(26)27)14-25-17-8-10-19(11-9-17)30-18-6-4-3-5-7-18/h3-14H,2,15H2,1H3,(H,26,27). The van der Waals surface area contributed by atoms with Gasteiger partial charge < -0.3 is 19.3 Å². The van der Waals surface area contributed by atoms with Gasteiger partial charge in [-0.1, -0.05) is 18.2 Å². The van der Waals surface area contributed by atoms with Crippen LogP contribution in [0.1, 0.15) is 12.5 Å². The molecule has 1 N–H and O–H groups in total. The van der Waals surface area contributed by atoms with E-state index in [2.05, 4.69) is 27.6 Å². The Morgan fingerprint density at radius 1 is 1.03 bits per heavy atom. The molecule has 3 aromatic carbocycles. The van der Waals surface area contributed by atoms with Gasteiger partial charge in [-0.2, -0.15) is 0 Å². The van der Waals surface area contributed by atoms with Crippen LogP contribution in [0.2, 0.25) is 0 Å². The first kappa shape index (κ1) is 21.6. The summed E-state index contributed by atoms with van der Waals surface area (Å²) >= 11 is 2.09. The molecule has 0 radical (unpaired) electrons. The molecule has 154 valence electrons. The molecule has 0 heterocycles. The monoisotopic (exact) mass is 517 g/mol. The first-order chi connectivity index (χ1) is 14.5. The molecule has 0 spiro atoms. The van der Waals surface area contributed by atoms with Crippen molar-refractivity contribution in [2.45, 2.75) is 6.92 Å². The number of hydrogen-bond donors (Lipinski definition) is 1. The fourth-order valence-electron chi connectivity index (χ4n) is 2.57. The van der Waals surface area contributed by atoms with Crippen molar-refractivity contribution < 1.29 is 24.1 Å². The summed E-state index contributed by atoms with van der Waals surface area (Å²) in [5, 5.41) is 8.86. The van der Waals surface area contributed by atoms with Crippen molar-refractivity contribution in [2.24, 2.45) is 4.99 Å². The quantitative estimate of drug-likeness (QED) is 0.291. The minimum Gasteiger partial charge on any atom is -0.490 e. The molecule has 0 aliphatic carbocycles. The average Bonchev–Trinajstić information content (AvgIpc) is 2.73. The third kappa shape index (κ3) is 6.21. The molecule has 6 nitrogen and oxygen atoms in total. The maximum absolute atomic E-state index is 10.8. The van der Waals surface area contributed by atoms with Crippen molar-refractivity contribution in [3.05, 3.63) is 75.9 Å². The fraction of sp³-hybridized carbons (Fsp3) is 0.130. The third-order valence-electron chi connectivity index (χ3n) is 3.85. The highest BCUT2D eigenvalue weighted by Crippen LogP contribution is 2.34. The van der Waals surface area contributed by atoms with E-state index in [1.54, 1.807) is 12.3 Å². The summed E-state index contributed by atoms with van der Waals surface area (Å²) in [5.74, 6) is 1.36. The number of benzene rings is 3. The van der Waals surface area contributed by atoms with Crippen LogP contribution in [-0.4, -0.2) is 30.5 Å². The summed E-state index contributed by atoms with van der Waals surface area (Å²) in [4.78, 5) is 15.3. The van der Waals surface area contributed by atoms with Crippen LogP contribution in [0.3, 0.4) is 0 Å². The van der Waals surface area contributed by atoms with E-state index in [1.165, 1.54) is 0 Å². The van der Waals surface area contributed by atoms with E-state index < -0.39 is 12.6 Å². The number of hydrogen-bond acceptors (Lipinski definition) is 5. The van der Waals surface area contributed by atoms with Crippen molar-refractivity contribution in [3.8, 4) is 23.0 Å². The van der Waals surface area contributed by atoms with Gasteiger partial charge in [-0.25, -0.2) is 4.79 Å². The number of nitrogens with zero attached hydrogens (tertiary/aromatic N) is 1. The molecule has 3 aromatic rings. The molecular weight excluding hydrogens is 497 g/mol. The third-order valence-corrected chi connectivity index (χ3v) is 4.65. The molecule has 0 saturated heterocycles. The predicted molar refractivity (Wildman–Crippen MR) is 124 cm³/mol. The van der Waals surface area contributed by atoms with Gasteiger partial charge in [0.15, 0.2) is 18.1 Å². The second kappa shape index (κ2) is 10.6. The van der Waals surface area contributed by atoms with Gasteiger partial charge in [-0.05, 0) is 83.6 Å². The summed E-state index contributed by atoms with van der Waals surface area (Å²) < 4.78 is 17.5. The molecule has 0 atom stereocenters. The second-order valence-electron chi connectivity index (χ2n) is 6.11. The van der Waals surface area contributed by atoms with E-state index in [0.717, 1.165) is 26.3 Å². The van der Waals surface area contributed by atoms with Crippen LogP contribution in [-0.2, 0) is 4.79 Å². The van der Waals surface area contributed by atoms with Crippen LogP contribution < -0.4 is 14.2 Å². The summed E-state index contributed by atoms with van der Waals surface area (Å²) in [7, 11) is 0. The van der Waals surface area contributed by atoms with E-state index in [1.807, 2.05) is 67.6 Å². The van der Waals surface area contributed by atoms with Gasteiger partial charge in [0.25, 0.3) is 0 Å². The molecule has 0 aliphatic rings. The van der Waals surface area contributed by atoms with Crippen LogP contribution in [0.15, 0.2) is 71.7 Å². The lowest BCUT2D eigenvalue weighted by molar-refractivity contribution is -0.139. The number of aliphatic carboxylic acids is 1.